The molecular formula is C20H22N4O. The average molecular weight is 334 g/mol. The quantitative estimate of drug-likeness (QED) is 0.461. The summed E-state index contributed by atoms with van der Waals surface area (Å²) < 4.78 is 0. The number of nitrogens with two attached hydrogens (primary N) is 2. The van der Waals surface area contributed by atoms with Crippen LogP contribution in [0.5, 0.6) is 0 Å². The molecule has 0 spiro atoms. The topological polar surface area (TPSA) is 101 Å². The number of carbonyl (C=O) groups excluding carboxylic acids is 1. The van der Waals surface area contributed by atoms with Crippen LogP contribution >= 0.6 is 0 Å². The van der Waals surface area contributed by atoms with Crippen LogP contribution in [0.1, 0.15) is 11.1 Å². The summed E-state index contributed by atoms with van der Waals surface area (Å²) in [6.07, 6.45) is 5.11. The molecule has 0 aliphatic heterocycles. The predicted octanol–water partition coefficient (Wildman–Crippen LogP) is 2.86. The fourth-order valence-corrected chi connectivity index (χ4v) is 2.96. The number of carbonyl (C=O) groups is 1. The van der Waals surface area contributed by atoms with Crippen molar-refractivity contribution in [2.45, 2.75) is 12.8 Å². The van der Waals surface area contributed by atoms with E-state index < -0.39 is 0 Å². The lowest BCUT2D eigenvalue weighted by atomic mass is 10.1. The minimum atomic E-state index is -0.301. The first-order chi connectivity index (χ1) is 12.2. The van der Waals surface area contributed by atoms with Crippen molar-refractivity contribution in [1.29, 1.82) is 0 Å². The summed E-state index contributed by atoms with van der Waals surface area (Å²) in [6.45, 7) is 0.710. The normalized spacial score (nSPS) is 10.6. The molecule has 2 aromatic heterocycles. The highest BCUT2D eigenvalue weighted by molar-refractivity contribution is 5.88. The maximum atomic E-state index is 10.7. The molecule has 2 aromatic carbocycles. The number of aromatic nitrogens is 2. The first kappa shape index (κ1) is 16.8. The van der Waals surface area contributed by atoms with Gasteiger partial charge in [0, 0.05) is 34.2 Å². The van der Waals surface area contributed by atoms with E-state index in [2.05, 4.69) is 28.2 Å². The molecule has 128 valence electrons. The van der Waals surface area contributed by atoms with Crippen molar-refractivity contribution >= 4 is 27.7 Å². The Bertz CT molecular complexity index is 983. The van der Waals surface area contributed by atoms with Crippen molar-refractivity contribution in [3.8, 4) is 0 Å². The molecule has 0 unspecified atom stereocenters. The molecule has 1 amide bonds. The van der Waals surface area contributed by atoms with Crippen LogP contribution < -0.4 is 11.5 Å². The third-order valence-electron chi connectivity index (χ3n) is 4.13. The summed E-state index contributed by atoms with van der Waals surface area (Å²) in [5, 5.41) is 2.37. The minimum absolute atomic E-state index is 0.296. The van der Waals surface area contributed by atoms with E-state index in [9.17, 15) is 4.79 Å². The van der Waals surface area contributed by atoms with E-state index >= 15 is 0 Å². The summed E-state index contributed by atoms with van der Waals surface area (Å²) >= 11 is 0. The van der Waals surface area contributed by atoms with Crippen molar-refractivity contribution in [2.24, 2.45) is 11.5 Å². The van der Waals surface area contributed by atoms with E-state index in [1.54, 1.807) is 0 Å². The zero-order valence-electron chi connectivity index (χ0n) is 14.0. The number of hydrogen-bond acceptors (Lipinski definition) is 2. The van der Waals surface area contributed by atoms with Gasteiger partial charge in [-0.05, 0) is 36.2 Å². The monoisotopic (exact) mass is 334 g/mol. The van der Waals surface area contributed by atoms with Crippen LogP contribution in [-0.2, 0) is 17.6 Å². The van der Waals surface area contributed by atoms with Gasteiger partial charge in [-0.15, -0.1) is 0 Å². The Balaban J connectivity index is 0.000000146. The number of para-hydroxylation sites is 2. The lowest BCUT2D eigenvalue weighted by molar-refractivity contribution is -0.117. The molecule has 0 saturated carbocycles. The molecule has 25 heavy (non-hydrogen) atoms. The Morgan fingerprint density at radius 2 is 1.36 bits per heavy atom. The molecule has 4 rings (SSSR count). The van der Waals surface area contributed by atoms with Gasteiger partial charge in [0.1, 0.15) is 0 Å². The number of primary amides is 1. The lowest BCUT2D eigenvalue weighted by Gasteiger charge is -1.93. The molecule has 5 heteroatoms. The Labute approximate surface area is 146 Å². The second kappa shape index (κ2) is 7.68. The molecule has 0 atom stereocenters. The number of fused-ring (bicyclic) bond motifs is 2. The number of nitrogens with one attached hydrogen (secondary N) is 2. The van der Waals surface area contributed by atoms with Gasteiger partial charge in [-0.1, -0.05) is 36.4 Å². The second-order valence-corrected chi connectivity index (χ2v) is 5.90. The molecule has 5 nitrogen and oxygen atoms in total. The number of aromatic amines is 2. The molecule has 0 bridgehead atoms. The molecule has 0 fully saturated rings. The van der Waals surface area contributed by atoms with Crippen LogP contribution in [0, 0.1) is 0 Å². The zero-order chi connectivity index (χ0) is 17.6. The average Bonchev–Trinajstić information content (AvgIpc) is 3.21. The van der Waals surface area contributed by atoms with E-state index in [1.807, 2.05) is 42.7 Å². The second-order valence-electron chi connectivity index (χ2n) is 5.90. The molecule has 2 heterocycles. The minimum Gasteiger partial charge on any atom is -0.369 e. The molecule has 4 aromatic rings. The highest BCUT2D eigenvalue weighted by atomic mass is 16.1. The number of H-pyrrole nitrogens is 2. The van der Waals surface area contributed by atoms with Gasteiger partial charge in [0.2, 0.25) is 5.91 Å². The largest absolute Gasteiger partial charge is 0.369 e. The van der Waals surface area contributed by atoms with Gasteiger partial charge >= 0.3 is 0 Å². The Morgan fingerprint density at radius 1 is 0.840 bits per heavy atom. The van der Waals surface area contributed by atoms with Crippen LogP contribution in [0.3, 0.4) is 0 Å². The van der Waals surface area contributed by atoms with Gasteiger partial charge in [0.15, 0.2) is 0 Å². The van der Waals surface area contributed by atoms with Crippen LogP contribution in [-0.4, -0.2) is 22.4 Å². The maximum absolute atomic E-state index is 10.7. The number of amides is 1. The van der Waals surface area contributed by atoms with Crippen LogP contribution in [0.25, 0.3) is 21.8 Å². The van der Waals surface area contributed by atoms with E-state index in [4.69, 9.17) is 11.5 Å². The molecular weight excluding hydrogens is 312 g/mol. The van der Waals surface area contributed by atoms with Crippen molar-refractivity contribution in [1.82, 2.24) is 9.97 Å². The van der Waals surface area contributed by atoms with Crippen LogP contribution in [0.4, 0.5) is 0 Å². The van der Waals surface area contributed by atoms with Gasteiger partial charge < -0.3 is 21.4 Å². The molecule has 0 aliphatic carbocycles. The third-order valence-corrected chi connectivity index (χ3v) is 4.13. The highest BCUT2D eigenvalue weighted by Gasteiger charge is 2.04. The fourth-order valence-electron chi connectivity index (χ4n) is 2.96. The smallest absolute Gasteiger partial charge is 0.221 e. The van der Waals surface area contributed by atoms with E-state index in [1.165, 1.54) is 16.5 Å². The zero-order valence-corrected chi connectivity index (χ0v) is 14.0. The van der Waals surface area contributed by atoms with Crippen LogP contribution in [0.2, 0.25) is 0 Å². The van der Waals surface area contributed by atoms with Gasteiger partial charge in [-0.25, -0.2) is 0 Å². The summed E-state index contributed by atoms with van der Waals surface area (Å²) in [5.41, 5.74) is 15.1. The summed E-state index contributed by atoms with van der Waals surface area (Å²) in [4.78, 5) is 17.0. The Hall–Kier alpha value is -3.05. The van der Waals surface area contributed by atoms with E-state index in [-0.39, 0.29) is 5.91 Å². The maximum Gasteiger partial charge on any atom is 0.221 e. The van der Waals surface area contributed by atoms with Gasteiger partial charge in [0.25, 0.3) is 0 Å². The lowest BCUT2D eigenvalue weighted by Crippen LogP contribution is -2.13. The van der Waals surface area contributed by atoms with Gasteiger partial charge in [-0.2, -0.15) is 0 Å². The van der Waals surface area contributed by atoms with Crippen molar-refractivity contribution in [2.75, 3.05) is 6.54 Å². The standard InChI is InChI=1S/C10H10N2O.C10H12N2/c11-10(13)5-7-6-12-9-4-2-1-3-8(7)9;11-6-5-8-7-12-10-4-2-1-3-9(8)10/h1-4,6,12H,5H2,(H2,11,13);1-4,7,12H,5-6,11H2. The number of rotatable bonds is 4. The first-order valence-electron chi connectivity index (χ1n) is 8.27. The first-order valence-corrected chi connectivity index (χ1v) is 8.27. The molecule has 0 radical (unpaired) electrons. The van der Waals surface area contributed by atoms with Gasteiger partial charge in [-0.3, -0.25) is 4.79 Å². The Kier molecular flexibility index (Phi) is 5.16. The summed E-state index contributed by atoms with van der Waals surface area (Å²) in [6, 6.07) is 16.1. The Morgan fingerprint density at radius 3 is 1.92 bits per heavy atom. The number of benzene rings is 2. The van der Waals surface area contributed by atoms with E-state index in [0.29, 0.717) is 13.0 Å². The predicted molar refractivity (Wildman–Crippen MR) is 102 cm³/mol. The van der Waals surface area contributed by atoms with Crippen molar-refractivity contribution in [3.05, 3.63) is 72.1 Å². The third kappa shape index (κ3) is 3.89. The molecule has 0 aliphatic rings. The van der Waals surface area contributed by atoms with E-state index in [0.717, 1.165) is 22.9 Å². The summed E-state index contributed by atoms with van der Waals surface area (Å²) in [7, 11) is 0. The van der Waals surface area contributed by atoms with Gasteiger partial charge in [0.05, 0.1) is 6.42 Å². The fraction of sp³-hybridized carbons (Fsp3) is 0.150. The van der Waals surface area contributed by atoms with Crippen molar-refractivity contribution in [3.63, 3.8) is 0 Å². The summed E-state index contributed by atoms with van der Waals surface area (Å²) in [5.74, 6) is -0.301. The molecule has 0 saturated heterocycles. The highest BCUT2D eigenvalue weighted by Crippen LogP contribution is 2.18. The van der Waals surface area contributed by atoms with Crippen molar-refractivity contribution < 1.29 is 4.79 Å². The SMILES string of the molecule is NC(=O)Cc1c[nH]c2ccccc12.NCCc1c[nH]c2ccccc12. The van der Waals surface area contributed by atoms with Crippen LogP contribution in [0.15, 0.2) is 60.9 Å². The molecule has 6 N–H and O–H groups in total. The number of hydrogen-bond donors (Lipinski definition) is 4.